The molecule has 0 unspecified atom stereocenters. The number of nitrogen functional groups attached to an aromatic ring is 1. The molecular weight excluding hydrogens is 592 g/mol. The van der Waals surface area contributed by atoms with Crippen molar-refractivity contribution in [1.29, 1.82) is 0 Å². The fourth-order valence-corrected chi connectivity index (χ4v) is 10.5. The average Bonchev–Trinajstić information content (AvgIpc) is 3.01. The van der Waals surface area contributed by atoms with Gasteiger partial charge in [0.1, 0.15) is 0 Å². The van der Waals surface area contributed by atoms with E-state index in [0.29, 0.717) is 12.1 Å². The zero-order valence-corrected chi connectivity index (χ0v) is 28.2. The first-order chi connectivity index (χ1) is 22.1. The van der Waals surface area contributed by atoms with Crippen molar-refractivity contribution in [2.75, 3.05) is 11.1 Å². The summed E-state index contributed by atoms with van der Waals surface area (Å²) >= 11 is 0. The number of nitrogens with two attached hydrogens (primary N) is 2. The molecule has 2 fully saturated rings. The Morgan fingerprint density at radius 3 is 1.85 bits per heavy atom. The number of carboxylic acid groups (broad SMARTS) is 1. The number of anilines is 2. The largest absolute Gasteiger partial charge is 0.481 e. The summed E-state index contributed by atoms with van der Waals surface area (Å²) in [7, 11) is 0. The zero-order chi connectivity index (χ0) is 33.9. The van der Waals surface area contributed by atoms with Crippen LogP contribution in [-0.4, -0.2) is 34.8 Å². The number of aliphatic carboxylic acids is 1. The number of rotatable bonds is 6. The fraction of sp³-hybridized carbons (Fsp3) is 0.579. The van der Waals surface area contributed by atoms with Crippen molar-refractivity contribution < 1.29 is 24.3 Å². The van der Waals surface area contributed by atoms with Crippen LogP contribution in [0, 0.1) is 22.7 Å². The van der Waals surface area contributed by atoms with Gasteiger partial charge in [0, 0.05) is 11.4 Å². The van der Waals surface area contributed by atoms with Crippen molar-refractivity contribution in [2.24, 2.45) is 28.4 Å². The van der Waals surface area contributed by atoms with Crippen LogP contribution in [0.1, 0.15) is 108 Å². The molecule has 9 heteroatoms. The van der Waals surface area contributed by atoms with Crippen LogP contribution >= 0.6 is 0 Å². The van der Waals surface area contributed by atoms with Crippen molar-refractivity contribution in [3.63, 3.8) is 0 Å². The molecule has 0 aliphatic heterocycles. The Balaban J connectivity index is 1.23. The van der Waals surface area contributed by atoms with Gasteiger partial charge in [0.2, 0.25) is 17.7 Å². The molecule has 6 rings (SSSR count). The van der Waals surface area contributed by atoms with Crippen LogP contribution < -0.4 is 22.1 Å². The number of nitrogens with one attached hydrogen (secondary N) is 2. The molecule has 9 nitrogen and oxygen atoms in total. The maximum atomic E-state index is 14.4. The number of carbonyl (C=O) groups excluding carboxylic acids is 3. The summed E-state index contributed by atoms with van der Waals surface area (Å²) in [4.78, 5) is 52.5. The minimum atomic E-state index is -1.16. The van der Waals surface area contributed by atoms with E-state index in [4.69, 9.17) is 16.6 Å². The molecule has 4 aliphatic carbocycles. The maximum Gasteiger partial charge on any atom is 0.305 e. The van der Waals surface area contributed by atoms with Gasteiger partial charge in [-0.25, -0.2) is 0 Å². The lowest BCUT2D eigenvalue weighted by Crippen LogP contribution is -2.60. The van der Waals surface area contributed by atoms with Crippen LogP contribution in [0.2, 0.25) is 0 Å². The summed E-state index contributed by atoms with van der Waals surface area (Å²) in [5.74, 6) is -1.91. The summed E-state index contributed by atoms with van der Waals surface area (Å²) in [6.45, 7) is 8.60. The standard InChI is InChI=1S/C38H50N4O5/c1-35-15-5-17-37(3,29(35)13-9-22-7-11-24(39)19-26(22)35)33(46)42-34(47)38(4)18-6-16-36(2)27-20-25(12-8-23(27)10-14-30(36)38)41-32(45)28(40)21-31(43)44/h7-8,11-12,19-20,28-30H,5-6,9-10,13-18,21,39-40H2,1-4H3,(H,41,45)(H,43,44)(H,42,46,47)/t28-,29+,30+,35+,36+,37-,38-/m0/s1. The second-order valence-corrected chi connectivity index (χ2v) is 15.8. The summed E-state index contributed by atoms with van der Waals surface area (Å²) in [5, 5.41) is 14.8. The number of imide groups is 1. The number of aryl methyl sites for hydroxylation is 2. The lowest BCUT2D eigenvalue weighted by atomic mass is 9.49. The third kappa shape index (κ3) is 5.44. The zero-order valence-electron chi connectivity index (χ0n) is 28.2. The van der Waals surface area contributed by atoms with Gasteiger partial charge in [0.05, 0.1) is 23.3 Å². The van der Waals surface area contributed by atoms with E-state index in [1.807, 2.05) is 31.2 Å². The topological polar surface area (TPSA) is 165 Å². The molecule has 3 amide bonds. The molecule has 2 aromatic rings. The molecule has 2 aromatic carbocycles. The van der Waals surface area contributed by atoms with Crippen LogP contribution in [0.4, 0.5) is 11.4 Å². The Hall–Kier alpha value is -3.72. The van der Waals surface area contributed by atoms with E-state index in [9.17, 15) is 19.2 Å². The third-order valence-corrected chi connectivity index (χ3v) is 13.0. The first-order valence-corrected chi connectivity index (χ1v) is 17.3. The quantitative estimate of drug-likeness (QED) is 0.209. The Kier molecular flexibility index (Phi) is 8.30. The van der Waals surface area contributed by atoms with Gasteiger partial charge in [-0.2, -0.15) is 0 Å². The van der Waals surface area contributed by atoms with Gasteiger partial charge in [0.15, 0.2) is 0 Å². The monoisotopic (exact) mass is 642 g/mol. The minimum Gasteiger partial charge on any atom is -0.481 e. The first kappa shape index (κ1) is 33.2. The van der Waals surface area contributed by atoms with Crippen molar-refractivity contribution in [1.82, 2.24) is 5.32 Å². The smallest absolute Gasteiger partial charge is 0.305 e. The van der Waals surface area contributed by atoms with Gasteiger partial charge in [-0.15, -0.1) is 0 Å². The Morgan fingerprint density at radius 2 is 1.32 bits per heavy atom. The SMILES string of the molecule is C[C@]1(C(=O)NC(=O)[C@@]2(C)CCC[C@]3(C)c4cc(NC(=O)[C@@H](N)CC(=O)O)ccc4CC[C@@H]23)CCC[C@]2(C)c3cc(N)ccc3CC[C@@H]12. The van der Waals surface area contributed by atoms with E-state index in [1.54, 1.807) is 0 Å². The molecule has 0 heterocycles. The van der Waals surface area contributed by atoms with Gasteiger partial charge in [-0.3, -0.25) is 24.5 Å². The van der Waals surface area contributed by atoms with Crippen molar-refractivity contribution in [3.05, 3.63) is 58.7 Å². The molecule has 47 heavy (non-hydrogen) atoms. The molecule has 0 saturated heterocycles. The van der Waals surface area contributed by atoms with Crippen molar-refractivity contribution >= 4 is 35.1 Å². The Morgan fingerprint density at radius 1 is 0.809 bits per heavy atom. The highest BCUT2D eigenvalue weighted by Gasteiger charge is 2.58. The molecule has 0 aromatic heterocycles. The summed E-state index contributed by atoms with van der Waals surface area (Å²) in [5.41, 5.74) is 16.3. The number of fused-ring (bicyclic) bond motifs is 6. The number of carbonyl (C=O) groups is 4. The van der Waals surface area contributed by atoms with Gasteiger partial charge < -0.3 is 21.9 Å². The van der Waals surface area contributed by atoms with E-state index >= 15 is 0 Å². The van der Waals surface area contributed by atoms with Gasteiger partial charge >= 0.3 is 5.97 Å². The van der Waals surface area contributed by atoms with Gasteiger partial charge in [0.25, 0.3) is 0 Å². The molecule has 7 atom stereocenters. The fourth-order valence-electron chi connectivity index (χ4n) is 10.5. The van der Waals surface area contributed by atoms with Crippen LogP contribution in [0.5, 0.6) is 0 Å². The van der Waals surface area contributed by atoms with Gasteiger partial charge in [-0.05, 0) is 121 Å². The predicted octanol–water partition coefficient (Wildman–Crippen LogP) is 5.37. The van der Waals surface area contributed by atoms with Crippen LogP contribution in [-0.2, 0) is 42.8 Å². The molecule has 2 saturated carbocycles. The second-order valence-electron chi connectivity index (χ2n) is 15.8. The van der Waals surface area contributed by atoms with E-state index in [2.05, 4.69) is 43.5 Å². The van der Waals surface area contributed by atoms with Crippen molar-refractivity contribution in [3.8, 4) is 0 Å². The highest BCUT2D eigenvalue weighted by molar-refractivity contribution is 6.01. The molecule has 0 bridgehead atoms. The number of benzene rings is 2. The van der Waals surface area contributed by atoms with Crippen LogP contribution in [0.25, 0.3) is 0 Å². The highest BCUT2D eigenvalue weighted by Crippen LogP contribution is 2.59. The van der Waals surface area contributed by atoms with E-state index < -0.39 is 35.2 Å². The number of carboxylic acids is 1. The second kappa shape index (κ2) is 11.8. The molecule has 7 N–H and O–H groups in total. The van der Waals surface area contributed by atoms with Crippen LogP contribution in [0.15, 0.2) is 36.4 Å². The highest BCUT2D eigenvalue weighted by atomic mass is 16.4. The molecule has 0 radical (unpaired) electrons. The Bertz CT molecular complexity index is 1640. The minimum absolute atomic E-state index is 0.00164. The molecular formula is C38H50N4O5. The Labute approximate surface area is 277 Å². The van der Waals surface area contributed by atoms with E-state index in [0.717, 1.165) is 69.0 Å². The first-order valence-electron chi connectivity index (χ1n) is 17.3. The average molecular weight is 643 g/mol. The summed E-state index contributed by atoms with van der Waals surface area (Å²) < 4.78 is 0. The predicted molar refractivity (Wildman–Crippen MR) is 182 cm³/mol. The summed E-state index contributed by atoms with van der Waals surface area (Å²) in [6.07, 6.45) is 8.05. The molecule has 252 valence electrons. The normalized spacial score (nSPS) is 33.2. The van der Waals surface area contributed by atoms with Crippen molar-refractivity contribution in [2.45, 2.75) is 115 Å². The third-order valence-electron chi connectivity index (χ3n) is 13.0. The van der Waals surface area contributed by atoms with Crippen LogP contribution in [0.3, 0.4) is 0 Å². The lowest BCUT2D eigenvalue weighted by Gasteiger charge is -2.56. The maximum absolute atomic E-state index is 14.4. The number of hydrogen-bond donors (Lipinski definition) is 5. The number of hydrogen-bond acceptors (Lipinski definition) is 6. The van der Waals surface area contributed by atoms with Gasteiger partial charge in [-0.1, -0.05) is 52.7 Å². The van der Waals surface area contributed by atoms with E-state index in [1.165, 1.54) is 16.7 Å². The lowest BCUT2D eigenvalue weighted by molar-refractivity contribution is -0.150. The molecule has 4 aliphatic rings. The molecule has 0 spiro atoms. The van der Waals surface area contributed by atoms with E-state index in [-0.39, 0.29) is 34.5 Å². The summed E-state index contributed by atoms with van der Waals surface area (Å²) in [6, 6.07) is 10.9. The number of amides is 3.